The fourth-order valence-electron chi connectivity index (χ4n) is 0.972. The third-order valence-electron chi connectivity index (χ3n) is 1.57. The number of hydrogen-bond donors (Lipinski definition) is 1. The summed E-state index contributed by atoms with van der Waals surface area (Å²) in [5.41, 5.74) is 0.840. The normalized spacial score (nSPS) is 13.4. The number of aliphatic hydroxyl groups is 1. The smallest absolute Gasteiger partial charge is 0.174 e. The molecule has 0 aliphatic heterocycles. The van der Waals surface area contributed by atoms with E-state index in [-0.39, 0.29) is 0 Å². The minimum Gasteiger partial charge on any atom is -0.457 e. The first kappa shape index (κ1) is 8.81. The Labute approximate surface area is 74.3 Å². The molecule has 0 amide bonds. The van der Waals surface area contributed by atoms with Crippen molar-refractivity contribution in [3.63, 3.8) is 0 Å². The molecule has 0 fully saturated rings. The van der Waals surface area contributed by atoms with Gasteiger partial charge in [0.25, 0.3) is 0 Å². The van der Waals surface area contributed by atoms with Crippen LogP contribution in [-0.4, -0.2) is 5.11 Å². The third-order valence-corrected chi connectivity index (χ3v) is 2.21. The summed E-state index contributed by atoms with van der Waals surface area (Å²) in [4.78, 5) is 0. The molecule has 1 aromatic heterocycles. The second-order valence-electron chi connectivity index (χ2n) is 2.45. The first-order chi connectivity index (χ1) is 5.25. The molecule has 62 valence electrons. The van der Waals surface area contributed by atoms with Gasteiger partial charge < -0.3 is 9.52 Å². The van der Waals surface area contributed by atoms with Crippen LogP contribution in [0, 0.1) is 0 Å². The van der Waals surface area contributed by atoms with Crippen LogP contribution in [0.3, 0.4) is 0 Å². The van der Waals surface area contributed by atoms with Gasteiger partial charge in [-0.1, -0.05) is 13.3 Å². The summed E-state index contributed by atoms with van der Waals surface area (Å²) in [7, 11) is 0. The predicted octanol–water partition coefficient (Wildman–Crippen LogP) is 2.88. The molecule has 0 bridgehead atoms. The highest BCUT2D eigenvalue weighted by atomic mass is 79.9. The number of rotatable bonds is 3. The Balaban J connectivity index is 2.67. The van der Waals surface area contributed by atoms with Crippen LogP contribution in [0.1, 0.15) is 31.4 Å². The largest absolute Gasteiger partial charge is 0.457 e. The van der Waals surface area contributed by atoms with Gasteiger partial charge in [-0.3, -0.25) is 0 Å². The topological polar surface area (TPSA) is 33.4 Å². The molecule has 3 heteroatoms. The minimum atomic E-state index is -0.395. The number of halogens is 1. The maximum atomic E-state index is 9.50. The Bertz CT molecular complexity index is 220. The molecule has 0 radical (unpaired) electrons. The van der Waals surface area contributed by atoms with Crippen molar-refractivity contribution in [1.82, 2.24) is 0 Å². The van der Waals surface area contributed by atoms with Crippen LogP contribution in [-0.2, 0) is 0 Å². The lowest BCUT2D eigenvalue weighted by molar-refractivity contribution is 0.164. The van der Waals surface area contributed by atoms with Crippen LogP contribution in [0.2, 0.25) is 0 Å². The fourth-order valence-corrected chi connectivity index (χ4v) is 1.48. The lowest BCUT2D eigenvalue weighted by Crippen LogP contribution is -1.94. The van der Waals surface area contributed by atoms with Gasteiger partial charge in [0.05, 0.1) is 12.4 Å². The third kappa shape index (κ3) is 2.07. The van der Waals surface area contributed by atoms with Crippen LogP contribution in [0.25, 0.3) is 0 Å². The highest BCUT2D eigenvalue weighted by molar-refractivity contribution is 9.10. The molecule has 1 aromatic rings. The van der Waals surface area contributed by atoms with Crippen molar-refractivity contribution in [3.8, 4) is 0 Å². The molecule has 0 spiro atoms. The van der Waals surface area contributed by atoms with Gasteiger partial charge in [0.15, 0.2) is 4.67 Å². The Morgan fingerprint density at radius 1 is 1.73 bits per heavy atom. The van der Waals surface area contributed by atoms with Crippen LogP contribution >= 0.6 is 15.9 Å². The number of hydrogen-bond acceptors (Lipinski definition) is 2. The maximum Gasteiger partial charge on any atom is 0.174 e. The van der Waals surface area contributed by atoms with Crippen molar-refractivity contribution >= 4 is 15.9 Å². The van der Waals surface area contributed by atoms with Crippen molar-refractivity contribution in [2.24, 2.45) is 0 Å². The maximum absolute atomic E-state index is 9.50. The minimum absolute atomic E-state index is 0.395. The second-order valence-corrected chi connectivity index (χ2v) is 3.17. The van der Waals surface area contributed by atoms with E-state index < -0.39 is 6.10 Å². The molecule has 1 rings (SSSR count). The van der Waals surface area contributed by atoms with Gasteiger partial charge >= 0.3 is 0 Å². The standard InChI is InChI=1S/C8H11BrO2/c1-2-3-7(10)6-4-5-11-8(6)9/h4-5,7,10H,2-3H2,1H3. The molecule has 0 saturated carbocycles. The highest BCUT2D eigenvalue weighted by Crippen LogP contribution is 2.26. The summed E-state index contributed by atoms with van der Waals surface area (Å²) in [6.45, 7) is 2.04. The Morgan fingerprint density at radius 3 is 2.91 bits per heavy atom. The molecule has 0 aliphatic rings. The van der Waals surface area contributed by atoms with E-state index in [4.69, 9.17) is 4.42 Å². The summed E-state index contributed by atoms with van der Waals surface area (Å²) in [6.07, 6.45) is 2.92. The van der Waals surface area contributed by atoms with Crippen LogP contribution in [0.15, 0.2) is 21.4 Å². The van der Waals surface area contributed by atoms with E-state index in [1.807, 2.05) is 6.92 Å². The van der Waals surface area contributed by atoms with Gasteiger partial charge in [0, 0.05) is 5.56 Å². The lowest BCUT2D eigenvalue weighted by atomic mass is 10.1. The van der Waals surface area contributed by atoms with E-state index in [2.05, 4.69) is 15.9 Å². The van der Waals surface area contributed by atoms with Gasteiger partial charge in [-0.2, -0.15) is 0 Å². The second kappa shape index (κ2) is 3.93. The summed E-state index contributed by atoms with van der Waals surface area (Å²) in [5.74, 6) is 0. The summed E-state index contributed by atoms with van der Waals surface area (Å²) in [6, 6.07) is 1.78. The van der Waals surface area contributed by atoms with Crippen LogP contribution in [0.4, 0.5) is 0 Å². The fraction of sp³-hybridized carbons (Fsp3) is 0.500. The zero-order valence-electron chi connectivity index (χ0n) is 6.38. The molecule has 11 heavy (non-hydrogen) atoms. The van der Waals surface area contributed by atoms with Crippen molar-refractivity contribution < 1.29 is 9.52 Å². The van der Waals surface area contributed by atoms with E-state index in [9.17, 15) is 5.11 Å². The SMILES string of the molecule is CCCC(O)c1ccoc1Br. The molecule has 1 heterocycles. The molecule has 1 atom stereocenters. The number of aliphatic hydroxyl groups excluding tert-OH is 1. The van der Waals surface area contributed by atoms with E-state index in [0.717, 1.165) is 18.4 Å². The molecule has 0 saturated heterocycles. The first-order valence-electron chi connectivity index (χ1n) is 3.66. The van der Waals surface area contributed by atoms with Gasteiger partial charge in [-0.15, -0.1) is 0 Å². The van der Waals surface area contributed by atoms with Gasteiger partial charge in [-0.05, 0) is 28.4 Å². The Morgan fingerprint density at radius 2 is 2.45 bits per heavy atom. The molecular weight excluding hydrogens is 208 g/mol. The quantitative estimate of drug-likeness (QED) is 0.847. The predicted molar refractivity (Wildman–Crippen MR) is 46.3 cm³/mol. The zero-order valence-corrected chi connectivity index (χ0v) is 7.97. The van der Waals surface area contributed by atoms with Crippen molar-refractivity contribution in [3.05, 3.63) is 22.6 Å². The van der Waals surface area contributed by atoms with E-state index in [1.54, 1.807) is 12.3 Å². The Hall–Kier alpha value is -0.280. The average molecular weight is 219 g/mol. The summed E-state index contributed by atoms with van der Waals surface area (Å²) >= 11 is 3.21. The van der Waals surface area contributed by atoms with Crippen molar-refractivity contribution in [2.45, 2.75) is 25.9 Å². The highest BCUT2D eigenvalue weighted by Gasteiger charge is 2.11. The van der Waals surface area contributed by atoms with E-state index in [1.165, 1.54) is 0 Å². The van der Waals surface area contributed by atoms with Crippen LogP contribution < -0.4 is 0 Å². The van der Waals surface area contributed by atoms with E-state index in [0.29, 0.717) is 4.67 Å². The lowest BCUT2D eigenvalue weighted by Gasteiger charge is -2.05. The van der Waals surface area contributed by atoms with Crippen LogP contribution in [0.5, 0.6) is 0 Å². The Kier molecular flexibility index (Phi) is 3.15. The summed E-state index contributed by atoms with van der Waals surface area (Å²) < 4.78 is 5.63. The molecule has 0 aliphatic carbocycles. The first-order valence-corrected chi connectivity index (χ1v) is 4.46. The van der Waals surface area contributed by atoms with Gasteiger partial charge in [0.2, 0.25) is 0 Å². The number of furan rings is 1. The summed E-state index contributed by atoms with van der Waals surface area (Å²) in [5, 5.41) is 9.50. The van der Waals surface area contributed by atoms with Gasteiger partial charge in [0.1, 0.15) is 0 Å². The van der Waals surface area contributed by atoms with E-state index >= 15 is 0 Å². The zero-order chi connectivity index (χ0) is 8.27. The molecule has 2 nitrogen and oxygen atoms in total. The van der Waals surface area contributed by atoms with Crippen molar-refractivity contribution in [1.29, 1.82) is 0 Å². The monoisotopic (exact) mass is 218 g/mol. The van der Waals surface area contributed by atoms with Gasteiger partial charge in [-0.25, -0.2) is 0 Å². The molecule has 1 unspecified atom stereocenters. The van der Waals surface area contributed by atoms with Crippen molar-refractivity contribution in [2.75, 3.05) is 0 Å². The molecule has 0 aromatic carbocycles. The molecule has 1 N–H and O–H groups in total. The molecular formula is C8H11BrO2. The average Bonchev–Trinajstić information content (AvgIpc) is 2.36.